The summed E-state index contributed by atoms with van der Waals surface area (Å²) in [6, 6.07) is 0. The Bertz CT molecular complexity index is 783. The van der Waals surface area contributed by atoms with Crippen molar-refractivity contribution in [1.82, 2.24) is 20.4 Å². The molecule has 0 unspecified atom stereocenters. The lowest BCUT2D eigenvalue weighted by molar-refractivity contribution is 0.429. The number of hydrogen-bond acceptors (Lipinski definition) is 4. The molecule has 4 rings (SSSR count). The number of allylic oxidation sites excluding steroid dienone is 7. The first-order valence-corrected chi connectivity index (χ1v) is 11.9. The van der Waals surface area contributed by atoms with Crippen LogP contribution >= 0.6 is 0 Å². The van der Waals surface area contributed by atoms with E-state index in [0.29, 0.717) is 0 Å². The third-order valence-corrected chi connectivity index (χ3v) is 6.82. The maximum atomic E-state index is 4.00. The van der Waals surface area contributed by atoms with Crippen LogP contribution in [-0.2, 0) is 0 Å². The van der Waals surface area contributed by atoms with Crippen LogP contribution in [0.3, 0.4) is 0 Å². The monoisotopic (exact) mass is 406 g/mol. The number of piperidine rings is 1. The largest absolute Gasteiger partial charge is 0.387 e. The molecule has 0 spiro atoms. The molecule has 4 aliphatic heterocycles. The van der Waals surface area contributed by atoms with E-state index in [0.717, 1.165) is 38.8 Å². The summed E-state index contributed by atoms with van der Waals surface area (Å²) in [6.45, 7) is 10.2. The summed E-state index contributed by atoms with van der Waals surface area (Å²) >= 11 is 0. The average Bonchev–Trinajstić information content (AvgIpc) is 3.08. The highest BCUT2D eigenvalue weighted by Gasteiger charge is 2.25. The summed E-state index contributed by atoms with van der Waals surface area (Å²) in [4.78, 5) is 4.61. The molecular formula is C26H38N4. The number of hydrogen-bond donors (Lipinski definition) is 2. The van der Waals surface area contributed by atoms with E-state index in [9.17, 15) is 0 Å². The quantitative estimate of drug-likeness (QED) is 0.413. The van der Waals surface area contributed by atoms with Crippen molar-refractivity contribution < 1.29 is 0 Å². The fourth-order valence-corrected chi connectivity index (χ4v) is 5.27. The van der Waals surface area contributed by atoms with Crippen LogP contribution in [0.25, 0.3) is 0 Å². The van der Waals surface area contributed by atoms with E-state index >= 15 is 0 Å². The molecule has 0 aromatic heterocycles. The van der Waals surface area contributed by atoms with Gasteiger partial charge in [0.05, 0.1) is 0 Å². The molecule has 4 nitrogen and oxygen atoms in total. The highest BCUT2D eigenvalue weighted by molar-refractivity contribution is 5.31. The molecule has 4 bridgehead atoms. The first-order valence-electron chi connectivity index (χ1n) is 11.9. The second-order valence-electron chi connectivity index (χ2n) is 8.71. The smallest absolute Gasteiger partial charge is 0.0415 e. The Balaban J connectivity index is 1.13. The summed E-state index contributed by atoms with van der Waals surface area (Å²) in [6.07, 6.45) is 23.1. The summed E-state index contributed by atoms with van der Waals surface area (Å²) < 4.78 is 0. The van der Waals surface area contributed by atoms with Crippen LogP contribution in [0.2, 0.25) is 0 Å². The number of nitrogens with one attached hydrogen (secondary N) is 2. The molecule has 0 radical (unpaired) electrons. The molecule has 2 fully saturated rings. The minimum atomic E-state index is 1.06. The highest BCUT2D eigenvalue weighted by atomic mass is 15.2. The maximum Gasteiger partial charge on any atom is 0.0415 e. The van der Waals surface area contributed by atoms with Crippen molar-refractivity contribution >= 4 is 0 Å². The molecule has 4 heteroatoms. The van der Waals surface area contributed by atoms with Crippen LogP contribution in [-0.4, -0.2) is 22.9 Å². The Morgan fingerprint density at radius 3 is 2.13 bits per heavy atom. The van der Waals surface area contributed by atoms with Crippen LogP contribution in [0.1, 0.15) is 77.0 Å². The van der Waals surface area contributed by atoms with E-state index in [4.69, 9.17) is 0 Å². The van der Waals surface area contributed by atoms with E-state index in [1.54, 1.807) is 0 Å². The van der Waals surface area contributed by atoms with Crippen LogP contribution in [0.5, 0.6) is 0 Å². The lowest BCUT2D eigenvalue weighted by Crippen LogP contribution is -2.30. The maximum absolute atomic E-state index is 4.00. The zero-order valence-electron chi connectivity index (χ0n) is 18.5. The van der Waals surface area contributed by atoms with Crippen LogP contribution in [0, 0.1) is 0 Å². The van der Waals surface area contributed by atoms with Crippen molar-refractivity contribution in [1.29, 1.82) is 0 Å². The minimum absolute atomic E-state index is 1.06. The molecule has 30 heavy (non-hydrogen) atoms. The number of fused-ring (bicyclic) bond motifs is 4. The van der Waals surface area contributed by atoms with E-state index in [-0.39, 0.29) is 0 Å². The van der Waals surface area contributed by atoms with Crippen LogP contribution in [0.4, 0.5) is 0 Å². The zero-order chi connectivity index (χ0) is 20.8. The third-order valence-electron chi connectivity index (χ3n) is 6.82. The lowest BCUT2D eigenvalue weighted by Gasteiger charge is -2.36. The molecule has 0 aromatic carbocycles. The molecule has 0 amide bonds. The van der Waals surface area contributed by atoms with Gasteiger partial charge in [0.25, 0.3) is 0 Å². The van der Waals surface area contributed by atoms with Gasteiger partial charge in [0.2, 0.25) is 0 Å². The molecule has 0 aliphatic carbocycles. The lowest BCUT2D eigenvalue weighted by atomic mass is 9.96. The zero-order valence-corrected chi connectivity index (χ0v) is 18.5. The van der Waals surface area contributed by atoms with E-state index < -0.39 is 0 Å². The standard InChI is InChI=1S/C26H38N4/c1-3-29-21-12-10-14-25(29)24(17-15-21)28-20-8-6-5-7-19-27-23-13-9-11-22-16-18-26(23)30(22)4-2/h3-4,11,15,27-28H,1-2,5-10,12-14,16-20H2. The predicted molar refractivity (Wildman–Crippen MR) is 126 cm³/mol. The van der Waals surface area contributed by atoms with Crippen molar-refractivity contribution in [2.45, 2.75) is 77.0 Å². The van der Waals surface area contributed by atoms with Gasteiger partial charge in [0.15, 0.2) is 0 Å². The average molecular weight is 407 g/mol. The van der Waals surface area contributed by atoms with Gasteiger partial charge in [-0.15, -0.1) is 0 Å². The van der Waals surface area contributed by atoms with Gasteiger partial charge >= 0.3 is 0 Å². The van der Waals surface area contributed by atoms with Gasteiger partial charge in [0, 0.05) is 66.1 Å². The number of nitrogens with zero attached hydrogens (tertiary/aromatic N) is 2. The summed E-state index contributed by atoms with van der Waals surface area (Å²) in [5.74, 6) is 0. The van der Waals surface area contributed by atoms with Gasteiger partial charge in [-0.05, 0) is 57.8 Å². The van der Waals surface area contributed by atoms with Gasteiger partial charge < -0.3 is 20.4 Å². The van der Waals surface area contributed by atoms with Gasteiger partial charge in [-0.3, -0.25) is 0 Å². The molecule has 4 aliphatic rings. The van der Waals surface area contributed by atoms with Gasteiger partial charge in [-0.1, -0.05) is 38.2 Å². The Hall–Kier alpha value is -2.36. The van der Waals surface area contributed by atoms with Gasteiger partial charge in [-0.25, -0.2) is 0 Å². The fraction of sp³-hybridized carbons (Fsp3) is 0.538. The Morgan fingerprint density at radius 1 is 0.733 bits per heavy atom. The molecule has 162 valence electrons. The SMILES string of the molecule is C=CN1C2=CCC(NCCCCCCNC3=C4CCC(=CCC3)N4C=C)=C1CCC2. The summed E-state index contributed by atoms with van der Waals surface area (Å²) in [7, 11) is 0. The fourth-order valence-electron chi connectivity index (χ4n) is 5.27. The molecule has 2 saturated heterocycles. The molecule has 0 saturated carbocycles. The summed E-state index contributed by atoms with van der Waals surface area (Å²) in [5.41, 5.74) is 8.64. The first kappa shape index (κ1) is 20.9. The van der Waals surface area contributed by atoms with Crippen LogP contribution < -0.4 is 10.6 Å². The number of unbranched alkanes of at least 4 members (excludes halogenated alkanes) is 3. The van der Waals surface area contributed by atoms with Crippen molar-refractivity contribution in [3.05, 3.63) is 71.9 Å². The van der Waals surface area contributed by atoms with E-state index in [1.165, 1.54) is 85.5 Å². The molecule has 4 heterocycles. The Labute approximate surface area is 182 Å². The van der Waals surface area contributed by atoms with Crippen molar-refractivity contribution in [3.8, 4) is 0 Å². The van der Waals surface area contributed by atoms with Crippen LogP contribution in [0.15, 0.2) is 71.9 Å². The van der Waals surface area contributed by atoms with E-state index in [1.807, 2.05) is 12.4 Å². The molecule has 0 aromatic rings. The molecule has 2 N–H and O–H groups in total. The van der Waals surface area contributed by atoms with E-state index in [2.05, 4.69) is 45.7 Å². The second kappa shape index (κ2) is 10.1. The summed E-state index contributed by atoms with van der Waals surface area (Å²) in [5, 5.41) is 7.47. The normalized spacial score (nSPS) is 20.7. The van der Waals surface area contributed by atoms with Gasteiger partial charge in [-0.2, -0.15) is 0 Å². The van der Waals surface area contributed by atoms with Crippen molar-refractivity contribution in [2.24, 2.45) is 0 Å². The molecular weight excluding hydrogens is 368 g/mol. The Kier molecular flexibility index (Phi) is 7.03. The Morgan fingerprint density at radius 2 is 1.40 bits per heavy atom. The van der Waals surface area contributed by atoms with Crippen molar-refractivity contribution in [3.63, 3.8) is 0 Å². The number of rotatable bonds is 11. The molecule has 0 atom stereocenters. The minimum Gasteiger partial charge on any atom is -0.387 e. The highest BCUT2D eigenvalue weighted by Crippen LogP contribution is 2.37. The second-order valence-corrected chi connectivity index (χ2v) is 8.71. The topological polar surface area (TPSA) is 30.5 Å². The van der Waals surface area contributed by atoms with Crippen molar-refractivity contribution in [2.75, 3.05) is 13.1 Å². The first-order chi connectivity index (χ1) is 14.8. The third kappa shape index (κ3) is 4.53. The van der Waals surface area contributed by atoms with Gasteiger partial charge in [0.1, 0.15) is 0 Å². The predicted octanol–water partition coefficient (Wildman–Crippen LogP) is 5.98.